The van der Waals surface area contributed by atoms with E-state index >= 15 is 0 Å². The van der Waals surface area contributed by atoms with E-state index in [9.17, 15) is 9.59 Å². The SMILES string of the molecule is CC(NC(=O)CNc1ccc(C(N)=O)c(Cl)c1)c1ccco1. The summed E-state index contributed by atoms with van der Waals surface area (Å²) in [5, 5.41) is 5.96. The summed E-state index contributed by atoms with van der Waals surface area (Å²) in [4.78, 5) is 22.9. The molecule has 0 aliphatic rings. The van der Waals surface area contributed by atoms with Crippen molar-refractivity contribution in [2.24, 2.45) is 5.73 Å². The molecule has 1 unspecified atom stereocenters. The average Bonchev–Trinajstić information content (AvgIpc) is 2.99. The molecule has 0 aliphatic carbocycles. The molecule has 0 saturated carbocycles. The number of nitrogens with one attached hydrogen (secondary N) is 2. The second kappa shape index (κ2) is 7.00. The summed E-state index contributed by atoms with van der Waals surface area (Å²) < 4.78 is 5.21. The minimum absolute atomic E-state index is 0.0668. The van der Waals surface area contributed by atoms with Crippen LogP contribution in [-0.4, -0.2) is 18.4 Å². The van der Waals surface area contributed by atoms with Gasteiger partial charge in [0.15, 0.2) is 0 Å². The van der Waals surface area contributed by atoms with Gasteiger partial charge in [0, 0.05) is 5.69 Å². The number of rotatable bonds is 6. The van der Waals surface area contributed by atoms with E-state index in [1.165, 1.54) is 6.07 Å². The van der Waals surface area contributed by atoms with E-state index in [0.29, 0.717) is 11.4 Å². The largest absolute Gasteiger partial charge is 0.467 e. The molecule has 0 spiro atoms. The molecule has 1 atom stereocenters. The second-order valence-corrected chi connectivity index (χ2v) is 5.12. The van der Waals surface area contributed by atoms with Crippen molar-refractivity contribution in [2.45, 2.75) is 13.0 Å². The van der Waals surface area contributed by atoms with Crippen molar-refractivity contribution in [2.75, 3.05) is 11.9 Å². The zero-order valence-electron chi connectivity index (χ0n) is 11.9. The Morgan fingerprint density at radius 1 is 1.36 bits per heavy atom. The normalized spacial score (nSPS) is 11.7. The number of primary amides is 1. The second-order valence-electron chi connectivity index (χ2n) is 4.72. The van der Waals surface area contributed by atoms with Crippen LogP contribution in [0.4, 0.5) is 5.69 Å². The number of furan rings is 1. The van der Waals surface area contributed by atoms with Crippen LogP contribution in [0.15, 0.2) is 41.0 Å². The molecule has 1 aromatic heterocycles. The van der Waals surface area contributed by atoms with E-state index in [0.717, 1.165) is 0 Å². The quantitative estimate of drug-likeness (QED) is 0.760. The molecule has 0 aliphatic heterocycles. The molecule has 2 rings (SSSR count). The van der Waals surface area contributed by atoms with Crippen molar-refractivity contribution >= 4 is 29.1 Å². The summed E-state index contributed by atoms with van der Waals surface area (Å²) in [6.07, 6.45) is 1.55. The first-order valence-electron chi connectivity index (χ1n) is 6.63. The standard InChI is InChI=1S/C15H16ClN3O3/c1-9(13-3-2-6-22-13)19-14(20)8-18-10-4-5-11(15(17)21)12(16)7-10/h2-7,9,18H,8H2,1H3,(H2,17,21)(H,19,20). The van der Waals surface area contributed by atoms with E-state index in [4.69, 9.17) is 21.8 Å². The number of hydrogen-bond acceptors (Lipinski definition) is 4. The van der Waals surface area contributed by atoms with Crippen molar-refractivity contribution < 1.29 is 14.0 Å². The van der Waals surface area contributed by atoms with Crippen LogP contribution in [-0.2, 0) is 4.79 Å². The third-order valence-electron chi connectivity index (χ3n) is 3.04. The maximum absolute atomic E-state index is 11.9. The first-order chi connectivity index (χ1) is 10.5. The van der Waals surface area contributed by atoms with Gasteiger partial charge in [-0.1, -0.05) is 11.6 Å². The summed E-state index contributed by atoms with van der Waals surface area (Å²) in [7, 11) is 0. The average molecular weight is 322 g/mol. The summed E-state index contributed by atoms with van der Waals surface area (Å²) >= 11 is 5.94. The maximum atomic E-state index is 11.9. The Balaban J connectivity index is 1.88. The van der Waals surface area contributed by atoms with Crippen molar-refractivity contribution in [3.8, 4) is 0 Å². The van der Waals surface area contributed by atoms with Crippen LogP contribution in [0.3, 0.4) is 0 Å². The van der Waals surface area contributed by atoms with Crippen LogP contribution in [0.5, 0.6) is 0 Å². The van der Waals surface area contributed by atoms with Crippen molar-refractivity contribution in [1.29, 1.82) is 0 Å². The molecule has 1 heterocycles. The molecule has 0 radical (unpaired) electrons. The Morgan fingerprint density at radius 2 is 2.14 bits per heavy atom. The summed E-state index contributed by atoms with van der Waals surface area (Å²) in [5.74, 6) is -0.109. The van der Waals surface area contributed by atoms with Gasteiger partial charge < -0.3 is 20.8 Å². The molecule has 0 fully saturated rings. The van der Waals surface area contributed by atoms with Gasteiger partial charge in [-0.25, -0.2) is 0 Å². The Bertz CT molecular complexity index is 671. The van der Waals surface area contributed by atoms with Crippen LogP contribution < -0.4 is 16.4 Å². The third kappa shape index (κ3) is 4.02. The number of carbonyl (C=O) groups is 2. The van der Waals surface area contributed by atoms with Crippen molar-refractivity contribution in [3.63, 3.8) is 0 Å². The fourth-order valence-electron chi connectivity index (χ4n) is 1.91. The van der Waals surface area contributed by atoms with Gasteiger partial charge in [-0.05, 0) is 37.3 Å². The van der Waals surface area contributed by atoms with Crippen molar-refractivity contribution in [3.05, 3.63) is 52.9 Å². The predicted octanol–water partition coefficient (Wildman–Crippen LogP) is 2.32. The van der Waals surface area contributed by atoms with Crippen LogP contribution >= 0.6 is 11.6 Å². The topological polar surface area (TPSA) is 97.4 Å². The lowest BCUT2D eigenvalue weighted by molar-refractivity contribution is -0.120. The molecule has 2 amide bonds. The van der Waals surface area contributed by atoms with Gasteiger partial charge in [0.25, 0.3) is 0 Å². The Hall–Kier alpha value is -2.47. The van der Waals surface area contributed by atoms with Crippen molar-refractivity contribution in [1.82, 2.24) is 5.32 Å². The molecular weight excluding hydrogens is 306 g/mol. The molecule has 116 valence electrons. The van der Waals surface area contributed by atoms with Gasteiger partial charge in [-0.15, -0.1) is 0 Å². The molecule has 0 saturated heterocycles. The zero-order chi connectivity index (χ0) is 16.1. The van der Waals surface area contributed by atoms with Gasteiger partial charge in [0.2, 0.25) is 11.8 Å². The van der Waals surface area contributed by atoms with E-state index in [-0.39, 0.29) is 29.1 Å². The van der Waals surface area contributed by atoms with E-state index in [1.54, 1.807) is 30.5 Å². The third-order valence-corrected chi connectivity index (χ3v) is 3.35. The van der Waals surface area contributed by atoms with Gasteiger partial charge in [0.1, 0.15) is 5.76 Å². The lowest BCUT2D eigenvalue weighted by Gasteiger charge is -2.13. The number of nitrogens with two attached hydrogens (primary N) is 1. The number of halogens is 1. The summed E-state index contributed by atoms with van der Waals surface area (Å²) in [6, 6.07) is 8.03. The Labute approximate surface area is 132 Å². The van der Waals surface area contributed by atoms with E-state index in [2.05, 4.69) is 10.6 Å². The zero-order valence-corrected chi connectivity index (χ0v) is 12.7. The molecule has 0 bridgehead atoms. The summed E-state index contributed by atoms with van der Waals surface area (Å²) in [6.45, 7) is 1.90. The van der Waals surface area contributed by atoms with Gasteiger partial charge in [-0.3, -0.25) is 9.59 Å². The molecule has 2 aromatic rings. The monoisotopic (exact) mass is 321 g/mol. The van der Waals surface area contributed by atoms with Crippen LogP contribution in [0.1, 0.15) is 29.1 Å². The highest BCUT2D eigenvalue weighted by molar-refractivity contribution is 6.34. The highest BCUT2D eigenvalue weighted by atomic mass is 35.5. The lowest BCUT2D eigenvalue weighted by atomic mass is 10.2. The molecule has 1 aromatic carbocycles. The molecule has 7 heteroatoms. The van der Waals surface area contributed by atoms with Gasteiger partial charge >= 0.3 is 0 Å². The maximum Gasteiger partial charge on any atom is 0.250 e. The lowest BCUT2D eigenvalue weighted by Crippen LogP contribution is -2.31. The van der Waals surface area contributed by atoms with Gasteiger partial charge in [0.05, 0.1) is 29.4 Å². The Kier molecular flexibility index (Phi) is 5.06. The fourth-order valence-corrected chi connectivity index (χ4v) is 2.18. The molecular formula is C15H16ClN3O3. The molecule has 22 heavy (non-hydrogen) atoms. The predicted molar refractivity (Wildman–Crippen MR) is 83.7 cm³/mol. The molecule has 4 N–H and O–H groups in total. The number of anilines is 1. The van der Waals surface area contributed by atoms with Crippen LogP contribution in [0.2, 0.25) is 5.02 Å². The number of benzene rings is 1. The van der Waals surface area contributed by atoms with Crippen LogP contribution in [0.25, 0.3) is 0 Å². The Morgan fingerprint density at radius 3 is 2.73 bits per heavy atom. The van der Waals surface area contributed by atoms with E-state index in [1.807, 2.05) is 6.92 Å². The minimum Gasteiger partial charge on any atom is -0.467 e. The van der Waals surface area contributed by atoms with Crippen LogP contribution in [0, 0.1) is 0 Å². The molecule has 6 nitrogen and oxygen atoms in total. The summed E-state index contributed by atoms with van der Waals surface area (Å²) in [5.41, 5.74) is 6.03. The fraction of sp³-hybridized carbons (Fsp3) is 0.200. The highest BCUT2D eigenvalue weighted by Crippen LogP contribution is 2.20. The van der Waals surface area contributed by atoms with Gasteiger partial charge in [-0.2, -0.15) is 0 Å². The highest BCUT2D eigenvalue weighted by Gasteiger charge is 2.12. The number of carbonyl (C=O) groups excluding carboxylic acids is 2. The first-order valence-corrected chi connectivity index (χ1v) is 7.01. The number of amides is 2. The van der Waals surface area contributed by atoms with E-state index < -0.39 is 5.91 Å². The minimum atomic E-state index is -0.596. The number of hydrogen-bond donors (Lipinski definition) is 3. The first kappa shape index (κ1) is 15.9. The smallest absolute Gasteiger partial charge is 0.250 e.